The van der Waals surface area contributed by atoms with Crippen molar-refractivity contribution in [1.29, 1.82) is 0 Å². The van der Waals surface area contributed by atoms with Gasteiger partial charge in [-0.2, -0.15) is 0 Å². The van der Waals surface area contributed by atoms with Gasteiger partial charge in [0, 0.05) is 30.9 Å². The summed E-state index contributed by atoms with van der Waals surface area (Å²) in [7, 11) is 1.63. The molecule has 0 saturated carbocycles. The van der Waals surface area contributed by atoms with Crippen LogP contribution in [-0.4, -0.2) is 40.5 Å². The third-order valence-electron chi connectivity index (χ3n) is 3.09. The molecule has 1 aromatic heterocycles. The molecule has 0 aliphatic heterocycles. The first-order valence-corrected chi connectivity index (χ1v) is 6.62. The molecule has 1 aromatic carbocycles. The molecule has 0 aliphatic rings. The highest BCUT2D eigenvalue weighted by Crippen LogP contribution is 2.27. The lowest BCUT2D eigenvalue weighted by Gasteiger charge is -2.15. The lowest BCUT2D eigenvalue weighted by molar-refractivity contribution is -0.137. The SMILES string of the molecule is CN(CCCC(=O)O)C(=O)c1[nH]c2ccccc2c1Cl. The number of fused-ring (bicyclic) bond motifs is 1. The van der Waals surface area contributed by atoms with Crippen molar-refractivity contribution in [2.45, 2.75) is 12.8 Å². The molecule has 1 amide bonds. The Bertz CT molecular complexity index is 651. The molecule has 2 rings (SSSR count). The molecular formula is C14H15ClN2O3. The van der Waals surface area contributed by atoms with E-state index in [1.54, 1.807) is 7.05 Å². The minimum Gasteiger partial charge on any atom is -0.481 e. The number of halogens is 1. The van der Waals surface area contributed by atoms with E-state index in [9.17, 15) is 9.59 Å². The monoisotopic (exact) mass is 294 g/mol. The first-order chi connectivity index (χ1) is 9.50. The van der Waals surface area contributed by atoms with Crippen LogP contribution >= 0.6 is 11.6 Å². The number of amides is 1. The molecule has 0 unspecified atom stereocenters. The highest BCUT2D eigenvalue weighted by molar-refractivity contribution is 6.38. The molecular weight excluding hydrogens is 280 g/mol. The fourth-order valence-corrected chi connectivity index (χ4v) is 2.31. The van der Waals surface area contributed by atoms with Crippen LogP contribution in [0, 0.1) is 0 Å². The van der Waals surface area contributed by atoms with Crippen molar-refractivity contribution < 1.29 is 14.7 Å². The normalized spacial score (nSPS) is 10.7. The van der Waals surface area contributed by atoms with Crippen molar-refractivity contribution in [1.82, 2.24) is 9.88 Å². The summed E-state index contributed by atoms with van der Waals surface area (Å²) >= 11 is 6.21. The van der Waals surface area contributed by atoms with Gasteiger partial charge in [0.05, 0.1) is 5.02 Å². The molecule has 1 heterocycles. The first-order valence-electron chi connectivity index (χ1n) is 6.24. The molecule has 106 valence electrons. The van der Waals surface area contributed by atoms with E-state index in [0.717, 1.165) is 10.9 Å². The molecule has 0 fully saturated rings. The number of rotatable bonds is 5. The molecule has 0 radical (unpaired) electrons. The molecule has 0 bridgehead atoms. The van der Waals surface area contributed by atoms with Gasteiger partial charge in [-0.3, -0.25) is 9.59 Å². The number of aromatic amines is 1. The van der Waals surface area contributed by atoms with E-state index in [2.05, 4.69) is 4.98 Å². The van der Waals surface area contributed by atoms with Crippen molar-refractivity contribution in [3.8, 4) is 0 Å². The minimum absolute atomic E-state index is 0.0397. The van der Waals surface area contributed by atoms with E-state index in [0.29, 0.717) is 23.7 Å². The van der Waals surface area contributed by atoms with Crippen LogP contribution in [-0.2, 0) is 4.79 Å². The topological polar surface area (TPSA) is 73.4 Å². The zero-order valence-corrected chi connectivity index (χ0v) is 11.8. The Morgan fingerprint density at radius 2 is 2.05 bits per heavy atom. The van der Waals surface area contributed by atoms with Crippen LogP contribution in [0.4, 0.5) is 0 Å². The smallest absolute Gasteiger partial charge is 0.303 e. The second-order valence-corrected chi connectivity index (χ2v) is 4.96. The maximum absolute atomic E-state index is 12.3. The van der Waals surface area contributed by atoms with Crippen molar-refractivity contribution in [2.24, 2.45) is 0 Å². The van der Waals surface area contributed by atoms with Crippen molar-refractivity contribution in [3.63, 3.8) is 0 Å². The third-order valence-corrected chi connectivity index (χ3v) is 3.48. The second-order valence-electron chi connectivity index (χ2n) is 4.58. The molecule has 6 heteroatoms. The molecule has 0 saturated heterocycles. The Morgan fingerprint density at radius 3 is 2.70 bits per heavy atom. The number of nitrogens with zero attached hydrogens (tertiary/aromatic N) is 1. The number of carboxylic acids is 1. The van der Waals surface area contributed by atoms with Gasteiger partial charge in [0.25, 0.3) is 5.91 Å². The number of carboxylic acid groups (broad SMARTS) is 1. The van der Waals surface area contributed by atoms with Gasteiger partial charge < -0.3 is 15.0 Å². The van der Waals surface area contributed by atoms with E-state index in [1.807, 2.05) is 24.3 Å². The van der Waals surface area contributed by atoms with Crippen LogP contribution in [0.1, 0.15) is 23.3 Å². The Labute approximate surface area is 121 Å². The standard InChI is InChI=1S/C14H15ClN2O3/c1-17(8-4-7-11(18)19)14(20)13-12(15)9-5-2-3-6-10(9)16-13/h2-3,5-6,16H,4,7-8H2,1H3,(H,18,19). The van der Waals surface area contributed by atoms with E-state index < -0.39 is 5.97 Å². The number of H-pyrrole nitrogens is 1. The zero-order chi connectivity index (χ0) is 14.7. The Balaban J connectivity index is 2.14. The van der Waals surface area contributed by atoms with Crippen LogP contribution in [0.5, 0.6) is 0 Å². The number of para-hydroxylation sites is 1. The summed E-state index contributed by atoms with van der Waals surface area (Å²) in [5, 5.41) is 9.79. The average Bonchev–Trinajstić information content (AvgIpc) is 2.75. The van der Waals surface area contributed by atoms with Crippen LogP contribution in [0.25, 0.3) is 10.9 Å². The van der Waals surface area contributed by atoms with Gasteiger partial charge in [0.15, 0.2) is 0 Å². The van der Waals surface area contributed by atoms with Gasteiger partial charge in [0.1, 0.15) is 5.69 Å². The van der Waals surface area contributed by atoms with Crippen molar-refractivity contribution in [3.05, 3.63) is 35.0 Å². The molecule has 0 atom stereocenters. The van der Waals surface area contributed by atoms with Gasteiger partial charge >= 0.3 is 5.97 Å². The largest absolute Gasteiger partial charge is 0.481 e. The number of nitrogens with one attached hydrogen (secondary N) is 1. The van der Waals surface area contributed by atoms with Crippen molar-refractivity contribution in [2.75, 3.05) is 13.6 Å². The van der Waals surface area contributed by atoms with Gasteiger partial charge in [-0.05, 0) is 12.5 Å². The van der Waals surface area contributed by atoms with Gasteiger partial charge in [-0.15, -0.1) is 0 Å². The molecule has 5 nitrogen and oxygen atoms in total. The zero-order valence-electron chi connectivity index (χ0n) is 11.0. The number of carbonyl (C=O) groups excluding carboxylic acids is 1. The predicted octanol–water partition coefficient (Wildman–Crippen LogP) is 2.76. The minimum atomic E-state index is -0.866. The molecule has 20 heavy (non-hydrogen) atoms. The number of aliphatic carboxylic acids is 1. The highest BCUT2D eigenvalue weighted by atomic mass is 35.5. The second kappa shape index (κ2) is 5.96. The first kappa shape index (κ1) is 14.4. The predicted molar refractivity (Wildman–Crippen MR) is 77.1 cm³/mol. The quantitative estimate of drug-likeness (QED) is 0.890. The lowest BCUT2D eigenvalue weighted by Crippen LogP contribution is -2.28. The Hall–Kier alpha value is -2.01. The summed E-state index contributed by atoms with van der Waals surface area (Å²) in [6.07, 6.45) is 0.452. The van der Waals surface area contributed by atoms with E-state index in [-0.39, 0.29) is 12.3 Å². The number of aromatic nitrogens is 1. The van der Waals surface area contributed by atoms with E-state index in [1.165, 1.54) is 4.90 Å². The molecule has 0 aliphatic carbocycles. The van der Waals surface area contributed by atoms with Crippen LogP contribution in [0.2, 0.25) is 5.02 Å². The summed E-state index contributed by atoms with van der Waals surface area (Å²) in [5.41, 5.74) is 1.14. The lowest BCUT2D eigenvalue weighted by atomic mass is 10.2. The highest BCUT2D eigenvalue weighted by Gasteiger charge is 2.19. The summed E-state index contributed by atoms with van der Waals surface area (Å²) in [6, 6.07) is 7.41. The maximum Gasteiger partial charge on any atom is 0.303 e. The van der Waals surface area contributed by atoms with Gasteiger partial charge in [0.2, 0.25) is 0 Å². The summed E-state index contributed by atoms with van der Waals surface area (Å²) < 4.78 is 0. The maximum atomic E-state index is 12.3. The third kappa shape index (κ3) is 2.93. The van der Waals surface area contributed by atoms with Crippen LogP contribution < -0.4 is 0 Å². The Morgan fingerprint density at radius 1 is 1.35 bits per heavy atom. The fourth-order valence-electron chi connectivity index (χ4n) is 2.01. The van der Waals surface area contributed by atoms with Crippen LogP contribution in [0.15, 0.2) is 24.3 Å². The number of hydrogen-bond acceptors (Lipinski definition) is 2. The number of benzene rings is 1. The number of hydrogen-bond donors (Lipinski definition) is 2. The molecule has 2 aromatic rings. The van der Waals surface area contributed by atoms with Gasteiger partial charge in [-0.25, -0.2) is 0 Å². The van der Waals surface area contributed by atoms with E-state index in [4.69, 9.17) is 16.7 Å². The Kier molecular flexibility index (Phi) is 4.29. The fraction of sp³-hybridized carbons (Fsp3) is 0.286. The molecule has 2 N–H and O–H groups in total. The molecule has 0 spiro atoms. The van der Waals surface area contributed by atoms with Crippen molar-refractivity contribution >= 4 is 34.4 Å². The summed E-state index contributed by atoms with van der Waals surface area (Å²) in [5.74, 6) is -1.11. The van der Waals surface area contributed by atoms with Crippen LogP contribution in [0.3, 0.4) is 0 Å². The summed E-state index contributed by atoms with van der Waals surface area (Å²) in [4.78, 5) is 27.2. The number of carbonyl (C=O) groups is 2. The van der Waals surface area contributed by atoms with Gasteiger partial charge in [-0.1, -0.05) is 29.8 Å². The van der Waals surface area contributed by atoms with E-state index >= 15 is 0 Å². The summed E-state index contributed by atoms with van der Waals surface area (Å²) in [6.45, 7) is 0.372. The average molecular weight is 295 g/mol.